The summed E-state index contributed by atoms with van der Waals surface area (Å²) in [6.45, 7) is 2.69. The highest BCUT2D eigenvalue weighted by atomic mass is 32.2. The van der Waals surface area contributed by atoms with Crippen LogP contribution in [0.1, 0.15) is 19.3 Å². The van der Waals surface area contributed by atoms with E-state index in [1.54, 1.807) is 31.4 Å². The molecule has 1 aromatic rings. The molecule has 0 bridgehead atoms. The van der Waals surface area contributed by atoms with E-state index in [-0.39, 0.29) is 5.75 Å². The smallest absolute Gasteiger partial charge is 0.179 e. The largest absolute Gasteiger partial charge is 0.497 e. The topological polar surface area (TPSA) is 46.6 Å². The van der Waals surface area contributed by atoms with E-state index in [9.17, 15) is 8.42 Å². The Morgan fingerprint density at radius 1 is 1.11 bits per heavy atom. The Balaban J connectivity index is 1.96. The van der Waals surface area contributed by atoms with Gasteiger partial charge in [0, 0.05) is 6.54 Å². The standard InChI is InChI=1S/C14H21NO3S/c1-18-13-5-7-14(8-6-13)19(16,17)12-11-15-9-3-2-4-10-15/h5-8H,2-4,9-12H2,1H3. The van der Waals surface area contributed by atoms with Crippen molar-refractivity contribution in [2.75, 3.05) is 32.5 Å². The predicted molar refractivity (Wildman–Crippen MR) is 75.3 cm³/mol. The maximum absolute atomic E-state index is 12.2. The molecule has 0 aliphatic carbocycles. The molecule has 1 fully saturated rings. The summed E-state index contributed by atoms with van der Waals surface area (Å²) in [6.07, 6.45) is 3.63. The number of methoxy groups -OCH3 is 1. The fraction of sp³-hybridized carbons (Fsp3) is 0.571. The third-order valence-electron chi connectivity index (χ3n) is 3.54. The second-order valence-corrected chi connectivity index (χ2v) is 7.01. The third kappa shape index (κ3) is 3.94. The van der Waals surface area contributed by atoms with Crippen molar-refractivity contribution in [2.24, 2.45) is 0 Å². The van der Waals surface area contributed by atoms with Crippen LogP contribution in [0.2, 0.25) is 0 Å². The molecule has 1 aliphatic heterocycles. The van der Waals surface area contributed by atoms with Gasteiger partial charge in [0.05, 0.1) is 17.8 Å². The van der Waals surface area contributed by atoms with Crippen molar-refractivity contribution in [2.45, 2.75) is 24.2 Å². The Morgan fingerprint density at radius 2 is 1.74 bits per heavy atom. The van der Waals surface area contributed by atoms with E-state index in [0.29, 0.717) is 17.2 Å². The maximum Gasteiger partial charge on any atom is 0.179 e. The van der Waals surface area contributed by atoms with Gasteiger partial charge in [0.1, 0.15) is 5.75 Å². The van der Waals surface area contributed by atoms with E-state index in [2.05, 4.69) is 4.90 Å². The van der Waals surface area contributed by atoms with Crippen LogP contribution in [0.5, 0.6) is 5.75 Å². The summed E-state index contributed by atoms with van der Waals surface area (Å²) < 4.78 is 29.4. The maximum atomic E-state index is 12.2. The third-order valence-corrected chi connectivity index (χ3v) is 5.25. The minimum atomic E-state index is -3.18. The summed E-state index contributed by atoms with van der Waals surface area (Å²) in [5.74, 6) is 0.870. The van der Waals surface area contributed by atoms with Crippen molar-refractivity contribution in [3.63, 3.8) is 0 Å². The first kappa shape index (κ1) is 14.3. The first-order valence-electron chi connectivity index (χ1n) is 6.71. The zero-order valence-electron chi connectivity index (χ0n) is 11.3. The summed E-state index contributed by atoms with van der Waals surface area (Å²) >= 11 is 0. The number of benzene rings is 1. The number of ether oxygens (including phenoxy) is 1. The molecule has 1 heterocycles. The lowest BCUT2D eigenvalue weighted by molar-refractivity contribution is 0.241. The van der Waals surface area contributed by atoms with Crippen molar-refractivity contribution in [3.05, 3.63) is 24.3 Å². The van der Waals surface area contributed by atoms with Crippen LogP contribution in [0.4, 0.5) is 0 Å². The summed E-state index contributed by atoms with van der Waals surface area (Å²) in [7, 11) is -1.61. The van der Waals surface area contributed by atoms with Crippen LogP contribution in [0.25, 0.3) is 0 Å². The van der Waals surface area contributed by atoms with E-state index >= 15 is 0 Å². The molecule has 19 heavy (non-hydrogen) atoms. The monoisotopic (exact) mass is 283 g/mol. The van der Waals surface area contributed by atoms with Crippen molar-refractivity contribution in [1.29, 1.82) is 0 Å². The summed E-state index contributed by atoms with van der Waals surface area (Å²) in [4.78, 5) is 2.62. The molecule has 5 heteroatoms. The van der Waals surface area contributed by atoms with E-state index in [1.807, 2.05) is 0 Å². The molecule has 0 atom stereocenters. The Kier molecular flexibility index (Phi) is 4.82. The van der Waals surface area contributed by atoms with E-state index in [4.69, 9.17) is 4.74 Å². The number of piperidine rings is 1. The molecule has 2 rings (SSSR count). The van der Waals surface area contributed by atoms with Crippen molar-refractivity contribution in [1.82, 2.24) is 4.90 Å². The van der Waals surface area contributed by atoms with Crippen LogP contribution in [0.3, 0.4) is 0 Å². The Labute approximate surface area is 115 Å². The fourth-order valence-corrected chi connectivity index (χ4v) is 3.62. The van der Waals surface area contributed by atoms with Crippen LogP contribution in [0, 0.1) is 0 Å². The number of likely N-dealkylation sites (tertiary alicyclic amines) is 1. The van der Waals surface area contributed by atoms with E-state index < -0.39 is 9.84 Å². The second kappa shape index (κ2) is 6.39. The van der Waals surface area contributed by atoms with Gasteiger partial charge in [0.25, 0.3) is 0 Å². The van der Waals surface area contributed by atoms with Gasteiger partial charge in [0.2, 0.25) is 0 Å². The molecule has 0 radical (unpaired) electrons. The van der Waals surface area contributed by atoms with Crippen molar-refractivity contribution < 1.29 is 13.2 Å². The predicted octanol–water partition coefficient (Wildman–Crippen LogP) is 1.95. The molecule has 0 saturated carbocycles. The quantitative estimate of drug-likeness (QED) is 0.828. The van der Waals surface area contributed by atoms with Gasteiger partial charge in [-0.3, -0.25) is 0 Å². The number of nitrogens with zero attached hydrogens (tertiary/aromatic N) is 1. The highest BCUT2D eigenvalue weighted by Crippen LogP contribution is 2.17. The number of sulfone groups is 1. The van der Waals surface area contributed by atoms with Gasteiger partial charge in [0.15, 0.2) is 9.84 Å². The van der Waals surface area contributed by atoms with Crippen molar-refractivity contribution in [3.8, 4) is 5.75 Å². The Hall–Kier alpha value is -1.07. The van der Waals surface area contributed by atoms with Crippen LogP contribution in [0.15, 0.2) is 29.2 Å². The molecule has 4 nitrogen and oxygen atoms in total. The molecule has 0 spiro atoms. The lowest BCUT2D eigenvalue weighted by Gasteiger charge is -2.26. The van der Waals surface area contributed by atoms with E-state index in [0.717, 1.165) is 13.1 Å². The molecule has 1 aliphatic rings. The summed E-state index contributed by atoms with van der Waals surface area (Å²) in [5.41, 5.74) is 0. The molecule has 106 valence electrons. The van der Waals surface area contributed by atoms with E-state index in [1.165, 1.54) is 19.3 Å². The first-order valence-corrected chi connectivity index (χ1v) is 8.36. The average Bonchev–Trinajstić information content (AvgIpc) is 2.46. The summed E-state index contributed by atoms with van der Waals surface area (Å²) in [6, 6.07) is 6.61. The normalized spacial score (nSPS) is 17.3. The van der Waals surface area contributed by atoms with Crippen LogP contribution in [-0.4, -0.2) is 45.8 Å². The minimum Gasteiger partial charge on any atom is -0.497 e. The summed E-state index contributed by atoms with van der Waals surface area (Å²) in [5, 5.41) is 0. The highest BCUT2D eigenvalue weighted by Gasteiger charge is 2.17. The zero-order valence-corrected chi connectivity index (χ0v) is 12.2. The number of hydrogen-bond donors (Lipinski definition) is 0. The van der Waals surface area contributed by atoms with Gasteiger partial charge >= 0.3 is 0 Å². The first-order chi connectivity index (χ1) is 9.12. The van der Waals surface area contributed by atoms with Crippen LogP contribution in [-0.2, 0) is 9.84 Å². The number of hydrogen-bond acceptors (Lipinski definition) is 4. The van der Waals surface area contributed by atoms with Gasteiger partial charge in [-0.05, 0) is 50.2 Å². The average molecular weight is 283 g/mol. The van der Waals surface area contributed by atoms with Gasteiger partial charge in [-0.1, -0.05) is 6.42 Å². The molecule has 0 aromatic heterocycles. The van der Waals surface area contributed by atoms with Gasteiger partial charge in [-0.15, -0.1) is 0 Å². The molecule has 0 amide bonds. The lowest BCUT2D eigenvalue weighted by atomic mass is 10.1. The lowest BCUT2D eigenvalue weighted by Crippen LogP contribution is -2.33. The van der Waals surface area contributed by atoms with Crippen LogP contribution >= 0.6 is 0 Å². The zero-order chi connectivity index (χ0) is 13.7. The Bertz CT molecular complexity index is 490. The second-order valence-electron chi connectivity index (χ2n) is 4.90. The molecule has 0 unspecified atom stereocenters. The Morgan fingerprint density at radius 3 is 2.32 bits per heavy atom. The fourth-order valence-electron chi connectivity index (χ4n) is 2.33. The highest BCUT2D eigenvalue weighted by molar-refractivity contribution is 7.91. The molecule has 1 saturated heterocycles. The van der Waals surface area contributed by atoms with Gasteiger partial charge < -0.3 is 9.64 Å². The van der Waals surface area contributed by atoms with Crippen LogP contribution < -0.4 is 4.74 Å². The molecular weight excluding hydrogens is 262 g/mol. The molecule has 1 aromatic carbocycles. The number of rotatable bonds is 5. The molecular formula is C14H21NO3S. The SMILES string of the molecule is COc1ccc(S(=O)(=O)CCN2CCCCC2)cc1. The van der Waals surface area contributed by atoms with Gasteiger partial charge in [-0.2, -0.15) is 0 Å². The molecule has 0 N–H and O–H groups in total. The van der Waals surface area contributed by atoms with Gasteiger partial charge in [-0.25, -0.2) is 8.42 Å². The van der Waals surface area contributed by atoms with Crippen molar-refractivity contribution >= 4 is 9.84 Å². The minimum absolute atomic E-state index is 0.194.